The Hall–Kier alpha value is -0.470. The molecule has 1 aromatic rings. The first-order chi connectivity index (χ1) is 8.23. The number of nitrogens with two attached hydrogens (primary N) is 1. The highest BCUT2D eigenvalue weighted by molar-refractivity contribution is 8.00. The highest BCUT2D eigenvalue weighted by Gasteiger charge is 2.35. The van der Waals surface area contributed by atoms with Crippen molar-refractivity contribution in [2.45, 2.75) is 54.6 Å². The van der Waals surface area contributed by atoms with Crippen LogP contribution in [0.5, 0.6) is 0 Å². The van der Waals surface area contributed by atoms with Crippen LogP contribution < -0.4 is 5.73 Å². The second-order valence-electron chi connectivity index (χ2n) is 5.65. The van der Waals surface area contributed by atoms with Crippen LogP contribution in [-0.2, 0) is 11.8 Å². The topological polar surface area (TPSA) is 26.0 Å². The predicted molar refractivity (Wildman–Crippen MR) is 74.7 cm³/mol. The monoisotopic (exact) mass is 247 g/mol. The number of hydrogen-bond donors (Lipinski definition) is 1. The molecule has 1 aromatic carbocycles. The molecule has 17 heavy (non-hydrogen) atoms. The SMILES string of the molecule is CC1Cc2ccc(C3(CN)CCCC3)cc2S1. The zero-order valence-corrected chi connectivity index (χ0v) is 11.4. The molecule has 1 atom stereocenters. The molecule has 2 N–H and O–H groups in total. The molecule has 2 heteroatoms. The molecular weight excluding hydrogens is 226 g/mol. The lowest BCUT2D eigenvalue weighted by atomic mass is 9.78. The van der Waals surface area contributed by atoms with Gasteiger partial charge in [0.2, 0.25) is 0 Å². The Morgan fingerprint density at radius 2 is 2.12 bits per heavy atom. The van der Waals surface area contributed by atoms with Gasteiger partial charge < -0.3 is 5.73 Å². The Morgan fingerprint density at radius 3 is 2.82 bits per heavy atom. The lowest BCUT2D eigenvalue weighted by molar-refractivity contribution is 0.452. The summed E-state index contributed by atoms with van der Waals surface area (Å²) in [5, 5.41) is 0.748. The average Bonchev–Trinajstić information content (AvgIpc) is 2.93. The summed E-state index contributed by atoms with van der Waals surface area (Å²) in [6.07, 6.45) is 6.48. The predicted octanol–water partition coefficient (Wildman–Crippen LogP) is 3.49. The molecule has 0 radical (unpaired) electrons. The lowest BCUT2D eigenvalue weighted by Crippen LogP contribution is -2.31. The van der Waals surface area contributed by atoms with Gasteiger partial charge in [-0.1, -0.05) is 31.9 Å². The van der Waals surface area contributed by atoms with Gasteiger partial charge in [0.25, 0.3) is 0 Å². The van der Waals surface area contributed by atoms with Crippen LogP contribution in [0.15, 0.2) is 23.1 Å². The molecule has 0 saturated heterocycles. The van der Waals surface area contributed by atoms with E-state index >= 15 is 0 Å². The van der Waals surface area contributed by atoms with Gasteiger partial charge in [0.15, 0.2) is 0 Å². The third-order valence-electron chi connectivity index (χ3n) is 4.47. The Bertz CT molecular complexity index is 421. The molecule has 3 rings (SSSR count). The molecule has 1 aliphatic heterocycles. The number of hydrogen-bond acceptors (Lipinski definition) is 2. The molecule has 2 aliphatic rings. The van der Waals surface area contributed by atoms with Crippen molar-refractivity contribution in [3.05, 3.63) is 29.3 Å². The van der Waals surface area contributed by atoms with Crippen LogP contribution in [0.25, 0.3) is 0 Å². The first kappa shape index (κ1) is 11.6. The molecule has 1 heterocycles. The summed E-state index contributed by atoms with van der Waals surface area (Å²) in [6.45, 7) is 3.13. The number of thioether (sulfide) groups is 1. The quantitative estimate of drug-likeness (QED) is 0.865. The average molecular weight is 247 g/mol. The smallest absolute Gasteiger partial charge is 0.0110 e. The van der Waals surface area contributed by atoms with Gasteiger partial charge in [-0.25, -0.2) is 0 Å². The molecule has 1 aliphatic carbocycles. The number of rotatable bonds is 2. The fourth-order valence-corrected chi connectivity index (χ4v) is 4.59. The van der Waals surface area contributed by atoms with Crippen LogP contribution in [-0.4, -0.2) is 11.8 Å². The Labute approximate surface area is 108 Å². The Morgan fingerprint density at radius 1 is 1.35 bits per heavy atom. The summed E-state index contributed by atoms with van der Waals surface area (Å²) in [4.78, 5) is 1.51. The van der Waals surface area contributed by atoms with E-state index < -0.39 is 0 Å². The summed E-state index contributed by atoms with van der Waals surface area (Å²) >= 11 is 2.03. The molecule has 1 nitrogen and oxygen atoms in total. The van der Waals surface area contributed by atoms with Crippen molar-refractivity contribution < 1.29 is 0 Å². The van der Waals surface area contributed by atoms with Gasteiger partial charge in [-0.15, -0.1) is 11.8 Å². The maximum Gasteiger partial charge on any atom is 0.0110 e. The van der Waals surface area contributed by atoms with Gasteiger partial charge in [0.05, 0.1) is 0 Å². The van der Waals surface area contributed by atoms with Gasteiger partial charge in [-0.3, -0.25) is 0 Å². The second kappa shape index (κ2) is 4.33. The summed E-state index contributed by atoms with van der Waals surface area (Å²) < 4.78 is 0. The molecule has 1 saturated carbocycles. The first-order valence-electron chi connectivity index (χ1n) is 6.74. The molecule has 1 unspecified atom stereocenters. The second-order valence-corrected chi connectivity index (χ2v) is 7.13. The Balaban J connectivity index is 1.96. The zero-order valence-electron chi connectivity index (χ0n) is 10.5. The minimum Gasteiger partial charge on any atom is -0.330 e. The van der Waals surface area contributed by atoms with Gasteiger partial charge in [-0.05, 0) is 36.5 Å². The normalized spacial score (nSPS) is 26.1. The summed E-state index contributed by atoms with van der Waals surface area (Å²) in [5.41, 5.74) is 9.40. The highest BCUT2D eigenvalue weighted by Crippen LogP contribution is 2.44. The minimum atomic E-state index is 0.293. The van der Waals surface area contributed by atoms with E-state index in [4.69, 9.17) is 5.73 Å². The number of fused-ring (bicyclic) bond motifs is 1. The van der Waals surface area contributed by atoms with E-state index in [2.05, 4.69) is 25.1 Å². The minimum absolute atomic E-state index is 0.293. The van der Waals surface area contributed by atoms with Gasteiger partial charge >= 0.3 is 0 Å². The molecule has 1 fully saturated rings. The fraction of sp³-hybridized carbons (Fsp3) is 0.600. The first-order valence-corrected chi connectivity index (χ1v) is 7.62. The maximum atomic E-state index is 6.07. The summed E-state index contributed by atoms with van der Waals surface area (Å²) in [6, 6.07) is 7.12. The molecule has 0 spiro atoms. The molecule has 0 amide bonds. The van der Waals surface area contributed by atoms with Crippen molar-refractivity contribution in [2.24, 2.45) is 5.73 Å². The third-order valence-corrected chi connectivity index (χ3v) is 5.67. The van der Waals surface area contributed by atoms with E-state index in [1.807, 2.05) is 11.8 Å². The largest absolute Gasteiger partial charge is 0.330 e. The van der Waals surface area contributed by atoms with Crippen molar-refractivity contribution in [3.8, 4) is 0 Å². The van der Waals surface area contributed by atoms with Crippen LogP contribution >= 0.6 is 11.8 Å². The van der Waals surface area contributed by atoms with Crippen LogP contribution in [0.1, 0.15) is 43.7 Å². The zero-order chi connectivity index (χ0) is 11.9. The van der Waals surface area contributed by atoms with Crippen molar-refractivity contribution in [3.63, 3.8) is 0 Å². The highest BCUT2D eigenvalue weighted by atomic mass is 32.2. The van der Waals surface area contributed by atoms with Crippen molar-refractivity contribution in [1.29, 1.82) is 0 Å². The van der Waals surface area contributed by atoms with Crippen LogP contribution in [0.2, 0.25) is 0 Å². The van der Waals surface area contributed by atoms with Crippen LogP contribution in [0.3, 0.4) is 0 Å². The van der Waals surface area contributed by atoms with Crippen molar-refractivity contribution in [2.75, 3.05) is 6.54 Å². The van der Waals surface area contributed by atoms with E-state index in [1.54, 1.807) is 0 Å². The van der Waals surface area contributed by atoms with E-state index in [0.717, 1.165) is 11.8 Å². The fourth-order valence-electron chi connectivity index (χ4n) is 3.39. The van der Waals surface area contributed by atoms with Gasteiger partial charge in [0.1, 0.15) is 0 Å². The van der Waals surface area contributed by atoms with E-state index in [1.165, 1.54) is 48.1 Å². The van der Waals surface area contributed by atoms with Gasteiger partial charge in [0, 0.05) is 22.1 Å². The lowest BCUT2D eigenvalue weighted by Gasteiger charge is -2.28. The molecular formula is C15H21NS. The van der Waals surface area contributed by atoms with Crippen LogP contribution in [0, 0.1) is 0 Å². The van der Waals surface area contributed by atoms with Crippen molar-refractivity contribution >= 4 is 11.8 Å². The maximum absolute atomic E-state index is 6.07. The van der Waals surface area contributed by atoms with E-state index in [0.29, 0.717) is 5.41 Å². The molecule has 0 bridgehead atoms. The molecule has 92 valence electrons. The number of benzene rings is 1. The van der Waals surface area contributed by atoms with Crippen LogP contribution in [0.4, 0.5) is 0 Å². The standard InChI is InChI=1S/C15H21NS/c1-11-8-12-4-5-13(9-14(12)17-11)15(10-16)6-2-3-7-15/h4-5,9,11H,2-3,6-8,10,16H2,1H3. The van der Waals surface area contributed by atoms with Gasteiger partial charge in [-0.2, -0.15) is 0 Å². The van der Waals surface area contributed by atoms with E-state index in [-0.39, 0.29) is 0 Å². The molecule has 0 aromatic heterocycles. The third kappa shape index (κ3) is 1.92. The summed E-state index contributed by atoms with van der Waals surface area (Å²) in [7, 11) is 0. The Kier molecular flexibility index (Phi) is 2.95. The van der Waals surface area contributed by atoms with Crippen molar-refractivity contribution in [1.82, 2.24) is 0 Å². The summed E-state index contributed by atoms with van der Waals surface area (Å²) in [5.74, 6) is 0. The van der Waals surface area contributed by atoms with E-state index in [9.17, 15) is 0 Å².